The second-order valence-corrected chi connectivity index (χ2v) is 9.48. The zero-order valence-corrected chi connectivity index (χ0v) is 20.9. The van der Waals surface area contributed by atoms with E-state index < -0.39 is 0 Å². The molecule has 2 aromatic carbocycles. The molecular formula is C26H29N3O5S. The normalized spacial score (nSPS) is 15.3. The van der Waals surface area contributed by atoms with Gasteiger partial charge in [-0.3, -0.25) is 14.9 Å². The van der Waals surface area contributed by atoms with Gasteiger partial charge in [-0.05, 0) is 50.1 Å². The van der Waals surface area contributed by atoms with Gasteiger partial charge >= 0.3 is 5.63 Å². The number of fused-ring (bicyclic) bond motifs is 1. The Balaban J connectivity index is 1.38. The van der Waals surface area contributed by atoms with Crippen molar-refractivity contribution < 1.29 is 18.7 Å². The highest BCUT2D eigenvalue weighted by molar-refractivity contribution is 8.15. The number of nitrogens with one attached hydrogen (secondary N) is 1. The van der Waals surface area contributed by atoms with Gasteiger partial charge in [-0.25, -0.2) is 4.79 Å². The minimum atomic E-state index is -0.386. The fourth-order valence-corrected chi connectivity index (χ4v) is 4.98. The minimum absolute atomic E-state index is 0.241. The van der Waals surface area contributed by atoms with Gasteiger partial charge in [-0.2, -0.15) is 0 Å². The van der Waals surface area contributed by atoms with Crippen molar-refractivity contribution >= 4 is 45.3 Å². The first-order valence-corrected chi connectivity index (χ1v) is 12.5. The molecule has 1 N–H and O–H groups in total. The number of carbonyl (C=O) groups excluding carboxylic acids is 2. The molecule has 0 unspecified atom stereocenters. The largest absolute Gasteiger partial charge is 0.492 e. The summed E-state index contributed by atoms with van der Waals surface area (Å²) in [6.45, 7) is 6.93. The summed E-state index contributed by atoms with van der Waals surface area (Å²) < 4.78 is 11.4. The fraction of sp³-hybridized carbons (Fsp3) is 0.346. The molecule has 0 aliphatic carbocycles. The van der Waals surface area contributed by atoms with Crippen molar-refractivity contribution in [2.24, 2.45) is 0 Å². The van der Waals surface area contributed by atoms with Crippen molar-refractivity contribution in [1.82, 2.24) is 5.32 Å². The molecule has 2 amide bonds. The van der Waals surface area contributed by atoms with Gasteiger partial charge in [0.2, 0.25) is 5.91 Å². The summed E-state index contributed by atoms with van der Waals surface area (Å²) in [5.74, 6) is 0.471. The third-order valence-electron chi connectivity index (χ3n) is 6.05. The van der Waals surface area contributed by atoms with Crippen LogP contribution in [0.4, 0.5) is 16.2 Å². The van der Waals surface area contributed by atoms with Gasteiger partial charge in [-0.1, -0.05) is 23.9 Å². The molecule has 1 aliphatic rings. The Morgan fingerprint density at radius 1 is 1.03 bits per heavy atom. The molecule has 8 nitrogen and oxygen atoms in total. The van der Waals surface area contributed by atoms with Gasteiger partial charge in [0.05, 0.1) is 17.5 Å². The number of ether oxygens (including phenoxy) is 1. The average molecular weight is 496 g/mol. The molecule has 0 spiro atoms. The average Bonchev–Trinajstić information content (AvgIpc) is 3.16. The van der Waals surface area contributed by atoms with Crippen LogP contribution in [0, 0.1) is 0 Å². The van der Waals surface area contributed by atoms with Crippen molar-refractivity contribution in [3.8, 4) is 5.75 Å². The van der Waals surface area contributed by atoms with Crippen molar-refractivity contribution in [1.29, 1.82) is 0 Å². The monoisotopic (exact) mass is 495 g/mol. The van der Waals surface area contributed by atoms with Gasteiger partial charge in [0.1, 0.15) is 17.9 Å². The van der Waals surface area contributed by atoms with Gasteiger partial charge in [0, 0.05) is 43.3 Å². The lowest BCUT2D eigenvalue weighted by molar-refractivity contribution is -0.118. The molecule has 0 bridgehead atoms. The first-order valence-electron chi connectivity index (χ1n) is 11.6. The zero-order valence-electron chi connectivity index (χ0n) is 20.1. The zero-order chi connectivity index (χ0) is 24.9. The Morgan fingerprint density at radius 3 is 2.43 bits per heavy atom. The van der Waals surface area contributed by atoms with Crippen LogP contribution in [0.15, 0.2) is 57.7 Å². The number of rotatable bonds is 10. The summed E-state index contributed by atoms with van der Waals surface area (Å²) in [6.07, 6.45) is 0.491. The van der Waals surface area contributed by atoms with Gasteiger partial charge in [0.15, 0.2) is 0 Å². The predicted octanol–water partition coefficient (Wildman–Crippen LogP) is 4.05. The third-order valence-corrected chi connectivity index (χ3v) is 7.03. The van der Waals surface area contributed by atoms with E-state index in [1.165, 1.54) is 6.07 Å². The van der Waals surface area contributed by atoms with E-state index in [4.69, 9.17) is 9.15 Å². The van der Waals surface area contributed by atoms with Crippen LogP contribution in [0.1, 0.15) is 19.4 Å². The number of hydrogen-bond acceptors (Lipinski definition) is 8. The highest BCUT2D eigenvalue weighted by Gasteiger charge is 2.31. The van der Waals surface area contributed by atoms with Crippen LogP contribution in [0.5, 0.6) is 5.75 Å². The van der Waals surface area contributed by atoms with Crippen LogP contribution >= 0.6 is 11.8 Å². The van der Waals surface area contributed by atoms with E-state index in [1.807, 2.05) is 54.4 Å². The summed E-state index contributed by atoms with van der Waals surface area (Å²) in [6, 6.07) is 15.0. The van der Waals surface area contributed by atoms with Crippen LogP contribution < -0.4 is 25.5 Å². The van der Waals surface area contributed by atoms with Gasteiger partial charge in [0.25, 0.3) is 5.24 Å². The number of nitrogens with zero attached hydrogens (tertiary/aromatic N) is 2. The van der Waals surface area contributed by atoms with Crippen molar-refractivity contribution in [3.05, 3.63) is 64.5 Å². The summed E-state index contributed by atoms with van der Waals surface area (Å²) in [7, 11) is 1.92. The van der Waals surface area contributed by atoms with E-state index >= 15 is 0 Å². The lowest BCUT2D eigenvalue weighted by Crippen LogP contribution is -2.25. The topological polar surface area (TPSA) is 92.1 Å². The molecule has 184 valence electrons. The smallest absolute Gasteiger partial charge is 0.338 e. The standard InChI is InChI=1S/C26H29N3O5S/c1-4-29(5-2)18-8-11-20-21(16-24(30)34-22(20)15-18)28(3)12-13-33-19-9-6-17(7-10-19)14-23-25(31)27-26(32)35-23/h6-11,15-16,23H,4-5,12-14H2,1-3H3,(H,27,31,32)/t23-/m0/s1. The van der Waals surface area contributed by atoms with Crippen LogP contribution in [0.2, 0.25) is 0 Å². The highest BCUT2D eigenvalue weighted by Crippen LogP contribution is 2.28. The molecule has 0 saturated carbocycles. The number of imide groups is 1. The Bertz CT molecular complexity index is 1270. The molecule has 0 radical (unpaired) electrons. The Labute approximate surface area is 208 Å². The van der Waals surface area contributed by atoms with Crippen molar-refractivity contribution in [3.63, 3.8) is 0 Å². The number of thioether (sulfide) groups is 1. The van der Waals surface area contributed by atoms with Gasteiger partial charge in [-0.15, -0.1) is 0 Å². The summed E-state index contributed by atoms with van der Waals surface area (Å²) in [5, 5.41) is 2.50. The maximum Gasteiger partial charge on any atom is 0.338 e. The van der Waals surface area contributed by atoms with E-state index in [1.54, 1.807) is 0 Å². The lowest BCUT2D eigenvalue weighted by atomic mass is 10.1. The van der Waals surface area contributed by atoms with Crippen molar-refractivity contribution in [2.45, 2.75) is 25.5 Å². The lowest BCUT2D eigenvalue weighted by Gasteiger charge is -2.23. The molecule has 9 heteroatoms. The van der Waals surface area contributed by atoms with E-state index in [-0.39, 0.29) is 22.0 Å². The number of hydrogen-bond donors (Lipinski definition) is 1. The Morgan fingerprint density at radius 2 is 1.77 bits per heavy atom. The highest BCUT2D eigenvalue weighted by atomic mass is 32.2. The number of benzene rings is 2. The van der Waals surface area contributed by atoms with Gasteiger partial charge < -0.3 is 19.0 Å². The third kappa shape index (κ3) is 5.79. The maximum absolute atomic E-state index is 12.2. The second kappa shape index (κ2) is 10.9. The summed E-state index contributed by atoms with van der Waals surface area (Å²) >= 11 is 1.03. The molecule has 35 heavy (non-hydrogen) atoms. The summed E-state index contributed by atoms with van der Waals surface area (Å²) in [5.41, 5.74) is 2.96. The molecule has 2 heterocycles. The first-order chi connectivity index (χ1) is 16.9. The van der Waals surface area contributed by atoms with E-state index in [0.717, 1.165) is 47.2 Å². The van der Waals surface area contributed by atoms with E-state index in [0.29, 0.717) is 30.9 Å². The predicted molar refractivity (Wildman–Crippen MR) is 140 cm³/mol. The maximum atomic E-state index is 12.2. The number of anilines is 2. The van der Waals surface area contributed by atoms with E-state index in [9.17, 15) is 14.4 Å². The van der Waals surface area contributed by atoms with Crippen LogP contribution in [-0.2, 0) is 11.2 Å². The van der Waals surface area contributed by atoms with Crippen LogP contribution in [-0.4, -0.2) is 49.7 Å². The van der Waals surface area contributed by atoms with E-state index in [2.05, 4.69) is 24.1 Å². The molecule has 3 aromatic rings. The first kappa shape index (κ1) is 24.7. The van der Waals surface area contributed by atoms with Crippen LogP contribution in [0.3, 0.4) is 0 Å². The quantitative estimate of drug-likeness (QED) is 0.421. The molecule has 1 aromatic heterocycles. The van der Waals surface area contributed by atoms with Crippen molar-refractivity contribution in [2.75, 3.05) is 43.1 Å². The number of amides is 2. The number of carbonyl (C=O) groups is 2. The minimum Gasteiger partial charge on any atom is -0.492 e. The Hall–Kier alpha value is -3.46. The fourth-order valence-electron chi connectivity index (χ4n) is 4.12. The number of likely N-dealkylation sites (N-methyl/N-ethyl adjacent to an activating group) is 1. The molecule has 4 rings (SSSR count). The molecule has 1 atom stereocenters. The molecule has 1 saturated heterocycles. The van der Waals surface area contributed by atoms with Crippen LogP contribution in [0.25, 0.3) is 11.0 Å². The molecule has 1 aliphatic heterocycles. The SMILES string of the molecule is CCN(CC)c1ccc2c(N(C)CCOc3ccc(C[C@@H]4SC(=O)NC4=O)cc3)cc(=O)oc2c1. The second-order valence-electron chi connectivity index (χ2n) is 8.30. The molecule has 1 fully saturated rings. The molecular weight excluding hydrogens is 466 g/mol. The summed E-state index contributed by atoms with van der Waals surface area (Å²) in [4.78, 5) is 39.5. The Kier molecular flexibility index (Phi) is 7.65.